The molecule has 1 aliphatic rings. The summed E-state index contributed by atoms with van der Waals surface area (Å²) in [7, 11) is 0. The second kappa shape index (κ2) is 3.95. The van der Waals surface area contributed by atoms with Crippen molar-refractivity contribution in [3.05, 3.63) is 65.9 Å². The first kappa shape index (κ1) is 10.3. The van der Waals surface area contributed by atoms with E-state index in [4.69, 9.17) is 0 Å². The van der Waals surface area contributed by atoms with Crippen molar-refractivity contribution in [1.82, 2.24) is 4.98 Å². The molecular formula is C17H12N2. The van der Waals surface area contributed by atoms with Gasteiger partial charge in [0.25, 0.3) is 0 Å². The zero-order valence-corrected chi connectivity index (χ0v) is 10.3. The molecule has 0 saturated carbocycles. The zero-order valence-electron chi connectivity index (χ0n) is 10.3. The van der Waals surface area contributed by atoms with Gasteiger partial charge in [-0.25, -0.2) is 0 Å². The van der Waals surface area contributed by atoms with Gasteiger partial charge in [0.15, 0.2) is 0 Å². The zero-order chi connectivity index (χ0) is 12.7. The molecule has 2 heteroatoms. The third kappa shape index (κ3) is 1.61. The molecule has 1 aliphatic heterocycles. The van der Waals surface area contributed by atoms with Gasteiger partial charge in [-0.05, 0) is 18.2 Å². The number of allylic oxidation sites excluding steroid dienone is 1. The highest BCUT2D eigenvalue weighted by atomic mass is 14.8. The monoisotopic (exact) mass is 244 g/mol. The predicted molar refractivity (Wildman–Crippen MR) is 80.8 cm³/mol. The average Bonchev–Trinajstić information content (AvgIpc) is 3.05. The quantitative estimate of drug-likeness (QED) is 0.656. The maximum Gasteiger partial charge on any atom is 0.0708 e. The second-order valence-corrected chi connectivity index (χ2v) is 4.66. The van der Waals surface area contributed by atoms with Gasteiger partial charge in [-0.1, -0.05) is 36.4 Å². The number of nitrogens with zero attached hydrogens (tertiary/aromatic N) is 1. The van der Waals surface area contributed by atoms with E-state index >= 15 is 0 Å². The van der Waals surface area contributed by atoms with Crippen LogP contribution in [0.2, 0.25) is 0 Å². The number of nitrogens with one attached hydrogen (secondary N) is 1. The standard InChI is InChI=1S/C17H12N2/c1-3-7-16-14(5-1)12(10-18-16)9-13-11-19-17-8-4-2-6-15(13)17/h1-11,18H/b13-9+. The number of hydrogen-bond donors (Lipinski definition) is 1. The molecule has 4 rings (SSSR count). The van der Waals surface area contributed by atoms with Gasteiger partial charge < -0.3 is 4.98 Å². The Hall–Kier alpha value is -2.61. The van der Waals surface area contributed by atoms with Crippen LogP contribution in [0.3, 0.4) is 0 Å². The van der Waals surface area contributed by atoms with Gasteiger partial charge in [-0.3, -0.25) is 4.99 Å². The van der Waals surface area contributed by atoms with E-state index in [1.54, 1.807) is 0 Å². The van der Waals surface area contributed by atoms with Crippen LogP contribution in [0, 0.1) is 0 Å². The number of aromatic nitrogens is 1. The van der Waals surface area contributed by atoms with Crippen molar-refractivity contribution in [3.63, 3.8) is 0 Å². The summed E-state index contributed by atoms with van der Waals surface area (Å²) >= 11 is 0. The maximum absolute atomic E-state index is 4.44. The van der Waals surface area contributed by atoms with Crippen molar-refractivity contribution in [2.24, 2.45) is 4.99 Å². The smallest absolute Gasteiger partial charge is 0.0708 e. The van der Waals surface area contributed by atoms with Gasteiger partial charge in [-0.15, -0.1) is 0 Å². The number of aliphatic imine (C=N–C) groups is 1. The van der Waals surface area contributed by atoms with Crippen molar-refractivity contribution < 1.29 is 0 Å². The van der Waals surface area contributed by atoms with E-state index in [9.17, 15) is 0 Å². The lowest BCUT2D eigenvalue weighted by Gasteiger charge is -1.98. The van der Waals surface area contributed by atoms with Crippen LogP contribution in [-0.2, 0) is 0 Å². The first-order valence-electron chi connectivity index (χ1n) is 6.33. The summed E-state index contributed by atoms with van der Waals surface area (Å²) in [6.45, 7) is 0. The Morgan fingerprint density at radius 3 is 2.79 bits per heavy atom. The molecule has 0 saturated heterocycles. The van der Waals surface area contributed by atoms with Crippen molar-refractivity contribution in [2.75, 3.05) is 0 Å². The molecule has 3 aromatic rings. The maximum atomic E-state index is 4.44. The fourth-order valence-electron chi connectivity index (χ4n) is 2.53. The van der Waals surface area contributed by atoms with Gasteiger partial charge in [0.05, 0.1) is 5.69 Å². The topological polar surface area (TPSA) is 28.1 Å². The third-order valence-corrected chi connectivity index (χ3v) is 3.49. The summed E-state index contributed by atoms with van der Waals surface area (Å²) < 4.78 is 0. The molecule has 0 spiro atoms. The van der Waals surface area contributed by atoms with Crippen molar-refractivity contribution >= 4 is 34.5 Å². The second-order valence-electron chi connectivity index (χ2n) is 4.66. The summed E-state index contributed by atoms with van der Waals surface area (Å²) in [6, 6.07) is 16.6. The summed E-state index contributed by atoms with van der Waals surface area (Å²) in [5, 5.41) is 1.24. The van der Waals surface area contributed by atoms with Gasteiger partial charge in [0.1, 0.15) is 0 Å². The van der Waals surface area contributed by atoms with Crippen LogP contribution in [0.25, 0.3) is 22.6 Å². The molecular weight excluding hydrogens is 232 g/mol. The summed E-state index contributed by atoms with van der Waals surface area (Å²) in [5.41, 5.74) is 5.79. The highest BCUT2D eigenvalue weighted by molar-refractivity contribution is 6.22. The Morgan fingerprint density at radius 1 is 0.947 bits per heavy atom. The molecule has 0 amide bonds. The fourth-order valence-corrected chi connectivity index (χ4v) is 2.53. The van der Waals surface area contributed by atoms with Crippen LogP contribution < -0.4 is 0 Å². The minimum Gasteiger partial charge on any atom is -0.361 e. The number of hydrogen-bond acceptors (Lipinski definition) is 1. The molecule has 0 aliphatic carbocycles. The number of fused-ring (bicyclic) bond motifs is 2. The Labute approximate surface area is 111 Å². The molecule has 2 nitrogen and oxygen atoms in total. The predicted octanol–water partition coefficient (Wildman–Crippen LogP) is 4.42. The molecule has 2 aromatic carbocycles. The van der Waals surface area contributed by atoms with E-state index < -0.39 is 0 Å². The van der Waals surface area contributed by atoms with E-state index in [0.717, 1.165) is 11.2 Å². The Morgan fingerprint density at radius 2 is 1.79 bits per heavy atom. The largest absolute Gasteiger partial charge is 0.361 e. The molecule has 19 heavy (non-hydrogen) atoms. The molecule has 1 aromatic heterocycles. The molecule has 90 valence electrons. The van der Waals surface area contributed by atoms with Crippen LogP contribution in [0.1, 0.15) is 11.1 Å². The van der Waals surface area contributed by atoms with Crippen LogP contribution >= 0.6 is 0 Å². The highest BCUT2D eigenvalue weighted by Crippen LogP contribution is 2.33. The molecule has 0 atom stereocenters. The molecule has 2 heterocycles. The summed E-state index contributed by atoms with van der Waals surface area (Å²) in [4.78, 5) is 7.73. The molecule has 0 bridgehead atoms. The van der Waals surface area contributed by atoms with Crippen molar-refractivity contribution in [1.29, 1.82) is 0 Å². The van der Waals surface area contributed by atoms with Crippen LogP contribution in [0.15, 0.2) is 59.7 Å². The molecule has 0 unspecified atom stereocenters. The number of H-pyrrole nitrogens is 1. The third-order valence-electron chi connectivity index (χ3n) is 3.49. The fraction of sp³-hybridized carbons (Fsp3) is 0. The van der Waals surface area contributed by atoms with Crippen LogP contribution in [0.4, 0.5) is 5.69 Å². The van der Waals surface area contributed by atoms with Crippen molar-refractivity contribution in [2.45, 2.75) is 0 Å². The van der Waals surface area contributed by atoms with Gasteiger partial charge in [0.2, 0.25) is 0 Å². The Bertz CT molecular complexity index is 822. The number of rotatable bonds is 1. The van der Waals surface area contributed by atoms with Gasteiger partial charge in [0, 0.05) is 40.0 Å². The van der Waals surface area contributed by atoms with E-state index in [1.165, 1.54) is 22.1 Å². The lowest BCUT2D eigenvalue weighted by molar-refractivity contribution is 1.47. The minimum atomic E-state index is 1.05. The van der Waals surface area contributed by atoms with E-state index in [0.29, 0.717) is 0 Å². The van der Waals surface area contributed by atoms with Crippen LogP contribution in [-0.4, -0.2) is 11.2 Å². The Balaban J connectivity index is 1.88. The van der Waals surface area contributed by atoms with Crippen molar-refractivity contribution in [3.8, 4) is 0 Å². The van der Waals surface area contributed by atoms with Crippen LogP contribution in [0.5, 0.6) is 0 Å². The average molecular weight is 244 g/mol. The first-order valence-corrected chi connectivity index (χ1v) is 6.33. The molecule has 1 N–H and O–H groups in total. The summed E-state index contributed by atoms with van der Waals surface area (Å²) in [6.07, 6.45) is 6.17. The number of para-hydroxylation sites is 2. The van der Waals surface area contributed by atoms with E-state index in [2.05, 4.69) is 46.4 Å². The molecule has 0 fully saturated rings. The normalized spacial score (nSPS) is 15.3. The number of benzene rings is 2. The number of aromatic amines is 1. The lowest BCUT2D eigenvalue weighted by atomic mass is 10.0. The van der Waals surface area contributed by atoms with E-state index in [1.807, 2.05) is 30.6 Å². The lowest BCUT2D eigenvalue weighted by Crippen LogP contribution is -1.79. The molecule has 0 radical (unpaired) electrons. The van der Waals surface area contributed by atoms with Gasteiger partial charge in [-0.2, -0.15) is 0 Å². The first-order chi connectivity index (χ1) is 9.42. The minimum absolute atomic E-state index is 1.05. The SMILES string of the molecule is C1=Nc2ccccc2/C1=C/c1c[nH]c2ccccc12. The summed E-state index contributed by atoms with van der Waals surface area (Å²) in [5.74, 6) is 0. The van der Waals surface area contributed by atoms with E-state index in [-0.39, 0.29) is 0 Å². The van der Waals surface area contributed by atoms with Gasteiger partial charge >= 0.3 is 0 Å². The highest BCUT2D eigenvalue weighted by Gasteiger charge is 2.11. The Kier molecular flexibility index (Phi) is 2.15.